The normalized spacial score (nSPS) is 22.9. The summed E-state index contributed by atoms with van der Waals surface area (Å²) in [5.41, 5.74) is 1.55. The highest BCUT2D eigenvalue weighted by Crippen LogP contribution is 2.36. The number of hydrogen-bond acceptors (Lipinski definition) is 1. The van der Waals surface area contributed by atoms with Crippen molar-refractivity contribution in [2.24, 2.45) is 5.92 Å². The third-order valence-corrected chi connectivity index (χ3v) is 4.65. The second-order valence-electron chi connectivity index (χ2n) is 6.10. The fraction of sp³-hybridized carbons (Fsp3) is 0.647. The lowest BCUT2D eigenvalue weighted by Crippen LogP contribution is -2.29. The lowest BCUT2D eigenvalue weighted by molar-refractivity contribution is 0.296. The van der Waals surface area contributed by atoms with Crippen LogP contribution in [0.1, 0.15) is 56.4 Å². The van der Waals surface area contributed by atoms with Crippen LogP contribution in [0.4, 0.5) is 0 Å². The number of rotatable bonds is 5. The van der Waals surface area contributed by atoms with Crippen LogP contribution in [-0.2, 0) is 0 Å². The molecule has 1 aromatic carbocycles. The molecule has 2 aliphatic carbocycles. The van der Waals surface area contributed by atoms with Crippen molar-refractivity contribution in [3.63, 3.8) is 0 Å². The maximum atomic E-state index is 3.75. The number of benzene rings is 1. The van der Waals surface area contributed by atoms with E-state index in [9.17, 15) is 0 Å². The van der Waals surface area contributed by atoms with E-state index < -0.39 is 0 Å². The van der Waals surface area contributed by atoms with Crippen LogP contribution in [0.15, 0.2) is 30.3 Å². The third-order valence-electron chi connectivity index (χ3n) is 4.65. The Morgan fingerprint density at radius 2 is 1.67 bits per heavy atom. The third kappa shape index (κ3) is 3.14. The Kier molecular flexibility index (Phi) is 3.99. The summed E-state index contributed by atoms with van der Waals surface area (Å²) in [5, 5.41) is 3.75. The zero-order valence-electron chi connectivity index (χ0n) is 11.3. The fourth-order valence-electron chi connectivity index (χ4n) is 3.37. The Morgan fingerprint density at radius 1 is 0.944 bits per heavy atom. The van der Waals surface area contributed by atoms with Crippen LogP contribution in [0.5, 0.6) is 0 Å². The molecule has 0 saturated heterocycles. The molecule has 98 valence electrons. The molecule has 18 heavy (non-hydrogen) atoms. The lowest BCUT2D eigenvalue weighted by Gasteiger charge is -2.31. The maximum absolute atomic E-state index is 3.75. The fourth-order valence-corrected chi connectivity index (χ4v) is 3.37. The van der Waals surface area contributed by atoms with Gasteiger partial charge in [-0.3, -0.25) is 0 Å². The van der Waals surface area contributed by atoms with Crippen molar-refractivity contribution in [1.82, 2.24) is 5.32 Å². The first-order valence-corrected chi connectivity index (χ1v) is 7.72. The Labute approximate surface area is 111 Å². The van der Waals surface area contributed by atoms with Crippen LogP contribution in [-0.4, -0.2) is 12.6 Å². The topological polar surface area (TPSA) is 12.0 Å². The van der Waals surface area contributed by atoms with Gasteiger partial charge in [0, 0.05) is 12.6 Å². The molecule has 0 aliphatic heterocycles. The summed E-state index contributed by atoms with van der Waals surface area (Å²) in [4.78, 5) is 0. The first-order valence-electron chi connectivity index (χ1n) is 7.72. The van der Waals surface area contributed by atoms with Crippen molar-refractivity contribution in [3.8, 4) is 0 Å². The van der Waals surface area contributed by atoms with E-state index in [4.69, 9.17) is 0 Å². The van der Waals surface area contributed by atoms with Crippen LogP contribution in [0, 0.1) is 5.92 Å². The standard InChI is InChI=1S/C17H25N/c1-3-7-14(8-4-1)17(13-18-16-11-12-16)15-9-5-2-6-10-15/h1,3-4,7-8,15-18H,2,5-6,9-13H2. The monoisotopic (exact) mass is 243 g/mol. The van der Waals surface area contributed by atoms with Gasteiger partial charge in [0.1, 0.15) is 0 Å². The molecule has 0 aromatic heterocycles. The molecule has 1 nitrogen and oxygen atoms in total. The van der Waals surface area contributed by atoms with Crippen molar-refractivity contribution in [1.29, 1.82) is 0 Å². The highest BCUT2D eigenvalue weighted by molar-refractivity contribution is 5.21. The average Bonchev–Trinajstić information content (AvgIpc) is 3.26. The zero-order valence-corrected chi connectivity index (χ0v) is 11.3. The van der Waals surface area contributed by atoms with Crippen LogP contribution in [0.3, 0.4) is 0 Å². The molecule has 1 aromatic rings. The second kappa shape index (κ2) is 5.88. The molecule has 0 amide bonds. The summed E-state index contributed by atoms with van der Waals surface area (Å²) in [5.74, 6) is 1.65. The number of hydrogen-bond donors (Lipinski definition) is 1. The minimum Gasteiger partial charge on any atom is -0.313 e. The summed E-state index contributed by atoms with van der Waals surface area (Å²) in [6.07, 6.45) is 10.00. The smallest absolute Gasteiger partial charge is 0.00684 e. The van der Waals surface area contributed by atoms with Crippen LogP contribution in [0.2, 0.25) is 0 Å². The average molecular weight is 243 g/mol. The van der Waals surface area contributed by atoms with Gasteiger partial charge in [0.05, 0.1) is 0 Å². The van der Waals surface area contributed by atoms with Gasteiger partial charge in [0.15, 0.2) is 0 Å². The van der Waals surface area contributed by atoms with E-state index >= 15 is 0 Å². The molecule has 0 bridgehead atoms. The van der Waals surface area contributed by atoms with Gasteiger partial charge in [0.25, 0.3) is 0 Å². The Bertz CT molecular complexity index is 349. The molecule has 3 rings (SSSR count). The molecule has 1 unspecified atom stereocenters. The van der Waals surface area contributed by atoms with E-state index in [1.807, 2.05) is 0 Å². The molecule has 0 spiro atoms. The van der Waals surface area contributed by atoms with Gasteiger partial charge >= 0.3 is 0 Å². The quantitative estimate of drug-likeness (QED) is 0.821. The summed E-state index contributed by atoms with van der Waals surface area (Å²) < 4.78 is 0. The predicted molar refractivity (Wildman–Crippen MR) is 76.8 cm³/mol. The SMILES string of the molecule is c1ccc(C(CNC2CC2)C2CCCCC2)cc1. The van der Waals surface area contributed by atoms with Gasteiger partial charge in [-0.05, 0) is 43.1 Å². The van der Waals surface area contributed by atoms with Crippen molar-refractivity contribution >= 4 is 0 Å². The first-order chi connectivity index (χ1) is 8.93. The van der Waals surface area contributed by atoms with Gasteiger partial charge in [-0.1, -0.05) is 49.6 Å². The van der Waals surface area contributed by atoms with Crippen LogP contribution in [0.25, 0.3) is 0 Å². The van der Waals surface area contributed by atoms with Crippen LogP contribution >= 0.6 is 0 Å². The Balaban J connectivity index is 1.69. The molecular formula is C17H25N. The van der Waals surface area contributed by atoms with Crippen molar-refractivity contribution in [2.75, 3.05) is 6.54 Å². The number of nitrogens with one attached hydrogen (secondary N) is 1. The highest BCUT2D eigenvalue weighted by atomic mass is 14.9. The summed E-state index contributed by atoms with van der Waals surface area (Å²) in [6.45, 7) is 1.19. The second-order valence-corrected chi connectivity index (χ2v) is 6.10. The minimum atomic E-state index is 0.743. The maximum Gasteiger partial charge on any atom is 0.00684 e. The van der Waals surface area contributed by atoms with Gasteiger partial charge in [0.2, 0.25) is 0 Å². The van der Waals surface area contributed by atoms with Gasteiger partial charge in [-0.15, -0.1) is 0 Å². The predicted octanol–water partition coefficient (Wildman–Crippen LogP) is 4.10. The van der Waals surface area contributed by atoms with Crippen molar-refractivity contribution < 1.29 is 0 Å². The van der Waals surface area contributed by atoms with Crippen LogP contribution < -0.4 is 5.32 Å². The summed E-state index contributed by atoms with van der Waals surface area (Å²) in [6, 6.07) is 12.0. The first kappa shape index (κ1) is 12.2. The van der Waals surface area contributed by atoms with E-state index in [2.05, 4.69) is 35.6 Å². The molecule has 1 heteroatoms. The van der Waals surface area contributed by atoms with Gasteiger partial charge in [-0.25, -0.2) is 0 Å². The minimum absolute atomic E-state index is 0.743. The Morgan fingerprint density at radius 3 is 2.33 bits per heavy atom. The van der Waals surface area contributed by atoms with E-state index in [0.717, 1.165) is 17.9 Å². The molecule has 2 aliphatic rings. The molecule has 0 radical (unpaired) electrons. The van der Waals surface area contributed by atoms with Crippen molar-refractivity contribution in [2.45, 2.75) is 56.9 Å². The Hall–Kier alpha value is -0.820. The molecule has 1 atom stereocenters. The van der Waals surface area contributed by atoms with Gasteiger partial charge < -0.3 is 5.32 Å². The zero-order chi connectivity index (χ0) is 12.2. The van der Waals surface area contributed by atoms with E-state index in [-0.39, 0.29) is 0 Å². The molecule has 2 fully saturated rings. The van der Waals surface area contributed by atoms with Gasteiger partial charge in [-0.2, -0.15) is 0 Å². The molecule has 1 N–H and O–H groups in total. The molecule has 2 saturated carbocycles. The lowest BCUT2D eigenvalue weighted by atomic mass is 9.77. The van der Waals surface area contributed by atoms with E-state index in [1.165, 1.54) is 51.5 Å². The summed E-state index contributed by atoms with van der Waals surface area (Å²) >= 11 is 0. The van der Waals surface area contributed by atoms with Crippen molar-refractivity contribution in [3.05, 3.63) is 35.9 Å². The molecular weight excluding hydrogens is 218 g/mol. The largest absolute Gasteiger partial charge is 0.313 e. The van der Waals surface area contributed by atoms with E-state index in [1.54, 1.807) is 5.56 Å². The highest BCUT2D eigenvalue weighted by Gasteiger charge is 2.27. The van der Waals surface area contributed by atoms with E-state index in [0.29, 0.717) is 0 Å². The summed E-state index contributed by atoms with van der Waals surface area (Å²) in [7, 11) is 0. The molecule has 0 heterocycles.